The zero-order valence-electron chi connectivity index (χ0n) is 9.94. The van der Waals surface area contributed by atoms with Gasteiger partial charge >= 0.3 is 0 Å². The molecule has 1 atom stereocenters. The van der Waals surface area contributed by atoms with Gasteiger partial charge in [-0.15, -0.1) is 11.6 Å². The monoisotopic (exact) mass is 322 g/mol. The molecule has 1 unspecified atom stereocenters. The van der Waals surface area contributed by atoms with Crippen LogP contribution in [0.3, 0.4) is 0 Å². The zero-order valence-corrected chi connectivity index (χ0v) is 11.5. The quantitative estimate of drug-likeness (QED) is 0.402. The summed E-state index contributed by atoms with van der Waals surface area (Å²) in [6, 6.07) is 5.14. The largest absolute Gasteiger partial charge is 0.207 e. The standard InChI is InChI=1S/C14H8Cl2F4/c15-9-2-1-3-11(17)7(9)4-10(16)8-5-13(19)14(20)6-12(8)18/h1-3,5-6,10H,4H2. The second-order valence-corrected chi connectivity index (χ2v) is 5.09. The summed E-state index contributed by atoms with van der Waals surface area (Å²) in [6.07, 6.45) is -0.144. The molecule has 0 aromatic heterocycles. The van der Waals surface area contributed by atoms with Gasteiger partial charge in [-0.25, -0.2) is 17.6 Å². The van der Waals surface area contributed by atoms with Crippen molar-refractivity contribution in [1.82, 2.24) is 0 Å². The predicted molar refractivity (Wildman–Crippen MR) is 70.0 cm³/mol. The maximum absolute atomic E-state index is 13.6. The van der Waals surface area contributed by atoms with E-state index in [1.165, 1.54) is 18.2 Å². The molecule has 6 heteroatoms. The first-order valence-corrected chi connectivity index (χ1v) is 6.43. The van der Waals surface area contributed by atoms with Crippen LogP contribution in [0.1, 0.15) is 16.5 Å². The second kappa shape index (κ2) is 6.02. The van der Waals surface area contributed by atoms with E-state index in [9.17, 15) is 17.6 Å². The number of alkyl halides is 1. The van der Waals surface area contributed by atoms with Crippen molar-refractivity contribution in [3.8, 4) is 0 Å². The first kappa shape index (κ1) is 15.1. The average Bonchev–Trinajstić information content (AvgIpc) is 2.38. The summed E-state index contributed by atoms with van der Waals surface area (Å²) in [5.41, 5.74) is -0.150. The number of halogens is 6. The summed E-state index contributed by atoms with van der Waals surface area (Å²) in [5, 5.41) is -0.932. The summed E-state index contributed by atoms with van der Waals surface area (Å²) >= 11 is 11.8. The van der Waals surface area contributed by atoms with E-state index < -0.39 is 28.6 Å². The van der Waals surface area contributed by atoms with Crippen LogP contribution in [-0.4, -0.2) is 0 Å². The Morgan fingerprint density at radius 1 is 0.900 bits per heavy atom. The van der Waals surface area contributed by atoms with Gasteiger partial charge in [-0.1, -0.05) is 17.7 Å². The summed E-state index contributed by atoms with van der Waals surface area (Å²) < 4.78 is 53.1. The molecule has 2 aromatic carbocycles. The van der Waals surface area contributed by atoms with Gasteiger partial charge in [0.15, 0.2) is 11.6 Å². The van der Waals surface area contributed by atoms with Crippen molar-refractivity contribution >= 4 is 23.2 Å². The van der Waals surface area contributed by atoms with E-state index in [1.54, 1.807) is 0 Å². The maximum atomic E-state index is 13.6. The Balaban J connectivity index is 2.33. The maximum Gasteiger partial charge on any atom is 0.161 e. The highest BCUT2D eigenvalue weighted by Crippen LogP contribution is 2.32. The fourth-order valence-electron chi connectivity index (χ4n) is 1.79. The van der Waals surface area contributed by atoms with Gasteiger partial charge in [0.25, 0.3) is 0 Å². The molecule has 0 nitrogen and oxygen atoms in total. The second-order valence-electron chi connectivity index (χ2n) is 4.16. The number of hydrogen-bond donors (Lipinski definition) is 0. The van der Waals surface area contributed by atoms with Gasteiger partial charge in [-0.3, -0.25) is 0 Å². The topological polar surface area (TPSA) is 0 Å². The Morgan fingerprint density at radius 3 is 2.20 bits per heavy atom. The molecule has 2 rings (SSSR count). The Kier molecular flexibility index (Phi) is 4.55. The van der Waals surface area contributed by atoms with Crippen LogP contribution in [0.4, 0.5) is 17.6 Å². The van der Waals surface area contributed by atoms with Crippen molar-refractivity contribution in [2.24, 2.45) is 0 Å². The van der Waals surface area contributed by atoms with Crippen molar-refractivity contribution in [2.45, 2.75) is 11.8 Å². The lowest BCUT2D eigenvalue weighted by Gasteiger charge is -2.13. The van der Waals surface area contributed by atoms with Crippen molar-refractivity contribution in [2.75, 3.05) is 0 Å². The van der Waals surface area contributed by atoms with Crippen LogP contribution in [0.5, 0.6) is 0 Å². The lowest BCUT2D eigenvalue weighted by atomic mass is 10.0. The Morgan fingerprint density at radius 2 is 1.55 bits per heavy atom. The fourth-order valence-corrected chi connectivity index (χ4v) is 2.36. The summed E-state index contributed by atoms with van der Waals surface area (Å²) in [7, 11) is 0. The summed E-state index contributed by atoms with van der Waals surface area (Å²) in [6.45, 7) is 0. The molecule has 0 bridgehead atoms. The van der Waals surface area contributed by atoms with Crippen LogP contribution in [0.2, 0.25) is 5.02 Å². The first-order chi connectivity index (χ1) is 9.40. The summed E-state index contributed by atoms with van der Waals surface area (Å²) in [4.78, 5) is 0. The van der Waals surface area contributed by atoms with Gasteiger partial charge in [0, 0.05) is 22.2 Å². The van der Waals surface area contributed by atoms with E-state index in [-0.39, 0.29) is 22.6 Å². The molecule has 0 saturated carbocycles. The van der Waals surface area contributed by atoms with Crippen molar-refractivity contribution in [3.05, 3.63) is 69.8 Å². The zero-order chi connectivity index (χ0) is 14.9. The fraction of sp³-hybridized carbons (Fsp3) is 0.143. The lowest BCUT2D eigenvalue weighted by molar-refractivity contribution is 0.489. The van der Waals surface area contributed by atoms with Crippen LogP contribution in [0, 0.1) is 23.3 Å². The van der Waals surface area contributed by atoms with Gasteiger partial charge in [0.05, 0.1) is 5.38 Å². The minimum Gasteiger partial charge on any atom is -0.207 e. The Hall–Kier alpha value is -1.26. The normalized spacial score (nSPS) is 12.5. The van der Waals surface area contributed by atoms with E-state index in [0.29, 0.717) is 12.1 Å². The van der Waals surface area contributed by atoms with Crippen molar-refractivity contribution in [1.29, 1.82) is 0 Å². The minimum absolute atomic E-state index is 0.0956. The molecule has 0 spiro atoms. The van der Waals surface area contributed by atoms with E-state index in [2.05, 4.69) is 0 Å². The third kappa shape index (κ3) is 3.07. The van der Waals surface area contributed by atoms with Crippen molar-refractivity contribution in [3.63, 3.8) is 0 Å². The smallest absolute Gasteiger partial charge is 0.161 e. The highest BCUT2D eigenvalue weighted by atomic mass is 35.5. The van der Waals surface area contributed by atoms with Gasteiger partial charge in [0.1, 0.15) is 11.6 Å². The molecule has 0 aliphatic carbocycles. The van der Waals surface area contributed by atoms with Gasteiger partial charge in [0.2, 0.25) is 0 Å². The highest BCUT2D eigenvalue weighted by molar-refractivity contribution is 6.31. The van der Waals surface area contributed by atoms with Crippen molar-refractivity contribution < 1.29 is 17.6 Å². The van der Waals surface area contributed by atoms with Gasteiger partial charge in [-0.2, -0.15) is 0 Å². The molecule has 0 fully saturated rings. The first-order valence-electron chi connectivity index (χ1n) is 5.61. The van der Waals surface area contributed by atoms with E-state index in [0.717, 1.165) is 0 Å². The van der Waals surface area contributed by atoms with E-state index >= 15 is 0 Å². The van der Waals surface area contributed by atoms with Gasteiger partial charge < -0.3 is 0 Å². The van der Waals surface area contributed by atoms with Crippen LogP contribution in [-0.2, 0) is 6.42 Å². The third-order valence-corrected chi connectivity index (χ3v) is 3.57. The van der Waals surface area contributed by atoms with Crippen LogP contribution in [0.25, 0.3) is 0 Å². The molecule has 0 aliphatic rings. The molecular formula is C14H8Cl2F4. The van der Waals surface area contributed by atoms with Crippen LogP contribution >= 0.6 is 23.2 Å². The van der Waals surface area contributed by atoms with E-state index in [1.807, 2.05) is 0 Å². The number of hydrogen-bond acceptors (Lipinski definition) is 0. The highest BCUT2D eigenvalue weighted by Gasteiger charge is 2.20. The molecular weight excluding hydrogens is 315 g/mol. The SMILES string of the molecule is Fc1cc(F)c(C(Cl)Cc2c(F)cccc2Cl)cc1F. The molecule has 0 saturated heterocycles. The molecule has 0 N–H and O–H groups in total. The number of benzene rings is 2. The van der Waals surface area contributed by atoms with Gasteiger partial charge in [-0.05, 0) is 24.6 Å². The number of rotatable bonds is 3. The molecule has 0 radical (unpaired) electrons. The summed E-state index contributed by atoms with van der Waals surface area (Å²) in [5.74, 6) is -4.10. The Bertz CT molecular complexity index is 623. The molecule has 106 valence electrons. The lowest BCUT2D eigenvalue weighted by Crippen LogP contribution is -2.03. The Labute approximate surface area is 122 Å². The molecule has 0 amide bonds. The average molecular weight is 323 g/mol. The minimum atomic E-state index is -1.31. The van der Waals surface area contributed by atoms with Crippen LogP contribution in [0.15, 0.2) is 30.3 Å². The van der Waals surface area contributed by atoms with Crippen LogP contribution < -0.4 is 0 Å². The molecule has 0 aliphatic heterocycles. The molecule has 0 heterocycles. The predicted octanol–water partition coefficient (Wildman–Crippen LogP) is 5.42. The molecule has 20 heavy (non-hydrogen) atoms. The molecule has 2 aromatic rings. The third-order valence-electron chi connectivity index (χ3n) is 2.82. The van der Waals surface area contributed by atoms with E-state index in [4.69, 9.17) is 23.2 Å².